The number of rotatable bonds is 6. The third kappa shape index (κ3) is 5.94. The number of carbonyl (C=O) groups excluding carboxylic acids is 2. The summed E-state index contributed by atoms with van der Waals surface area (Å²) in [5, 5.41) is 5.85. The summed E-state index contributed by atoms with van der Waals surface area (Å²) in [5.41, 5.74) is 0.737. The van der Waals surface area contributed by atoms with Gasteiger partial charge in [0.1, 0.15) is 5.75 Å². The molecule has 25 heavy (non-hydrogen) atoms. The van der Waals surface area contributed by atoms with E-state index in [1.165, 1.54) is 0 Å². The molecule has 0 spiro atoms. The Balaban J connectivity index is 1.75. The first-order chi connectivity index (χ1) is 12.0. The topological polar surface area (TPSA) is 73.9 Å². The standard InChI is InChI=1S/C18H28N4O3/c1-4-14(2)19-17(23)13-21-9-11-22(12-10-21)18(24)20-15-5-7-16(25-3)8-6-15/h5-8,14H,4,9-13H2,1-3H3,(H,19,23)(H,20,24)/t14-/m1/s1. The van der Waals surface area contributed by atoms with Gasteiger partial charge in [-0.05, 0) is 37.6 Å². The van der Waals surface area contributed by atoms with E-state index < -0.39 is 0 Å². The van der Waals surface area contributed by atoms with E-state index in [1.54, 1.807) is 12.0 Å². The number of carbonyl (C=O) groups is 2. The molecule has 7 nitrogen and oxygen atoms in total. The van der Waals surface area contributed by atoms with Crippen LogP contribution in [0.15, 0.2) is 24.3 Å². The maximum atomic E-state index is 12.3. The van der Waals surface area contributed by atoms with Crippen LogP contribution in [-0.2, 0) is 4.79 Å². The molecule has 1 aliphatic rings. The molecule has 0 aliphatic carbocycles. The van der Waals surface area contributed by atoms with E-state index in [0.29, 0.717) is 32.7 Å². The lowest BCUT2D eigenvalue weighted by atomic mass is 10.2. The molecular formula is C18H28N4O3. The summed E-state index contributed by atoms with van der Waals surface area (Å²) in [5.74, 6) is 0.799. The van der Waals surface area contributed by atoms with Crippen LogP contribution in [0.2, 0.25) is 0 Å². The van der Waals surface area contributed by atoms with Gasteiger partial charge in [-0.15, -0.1) is 0 Å². The molecule has 3 amide bonds. The van der Waals surface area contributed by atoms with Crippen LogP contribution >= 0.6 is 0 Å². The van der Waals surface area contributed by atoms with Crippen LogP contribution in [0.25, 0.3) is 0 Å². The number of anilines is 1. The predicted molar refractivity (Wildman–Crippen MR) is 97.9 cm³/mol. The van der Waals surface area contributed by atoms with Crippen molar-refractivity contribution in [2.75, 3.05) is 45.2 Å². The summed E-state index contributed by atoms with van der Waals surface area (Å²) in [7, 11) is 1.61. The first-order valence-electron chi connectivity index (χ1n) is 8.73. The molecule has 1 aromatic carbocycles. The molecule has 0 bridgehead atoms. The van der Waals surface area contributed by atoms with Crippen LogP contribution < -0.4 is 15.4 Å². The number of urea groups is 1. The monoisotopic (exact) mass is 348 g/mol. The Morgan fingerprint density at radius 2 is 1.80 bits per heavy atom. The van der Waals surface area contributed by atoms with E-state index in [4.69, 9.17) is 4.74 Å². The van der Waals surface area contributed by atoms with Crippen molar-refractivity contribution in [3.8, 4) is 5.75 Å². The van der Waals surface area contributed by atoms with E-state index in [2.05, 4.69) is 15.5 Å². The van der Waals surface area contributed by atoms with Gasteiger partial charge in [0.25, 0.3) is 0 Å². The molecule has 1 fully saturated rings. The van der Waals surface area contributed by atoms with Crippen molar-refractivity contribution in [2.24, 2.45) is 0 Å². The predicted octanol–water partition coefficient (Wildman–Crippen LogP) is 1.76. The SMILES string of the molecule is CC[C@@H](C)NC(=O)CN1CCN(C(=O)Nc2ccc(OC)cc2)CC1. The number of ether oxygens (including phenoxy) is 1. The molecule has 1 atom stereocenters. The second-order valence-electron chi connectivity index (χ2n) is 6.30. The Morgan fingerprint density at radius 1 is 1.16 bits per heavy atom. The van der Waals surface area contributed by atoms with E-state index in [0.717, 1.165) is 17.9 Å². The number of methoxy groups -OCH3 is 1. The zero-order valence-corrected chi connectivity index (χ0v) is 15.2. The normalized spacial score (nSPS) is 16.2. The Kier molecular flexibility index (Phi) is 7.06. The Hall–Kier alpha value is -2.28. The molecule has 138 valence electrons. The first-order valence-corrected chi connectivity index (χ1v) is 8.73. The highest BCUT2D eigenvalue weighted by molar-refractivity contribution is 5.89. The number of hydrogen-bond acceptors (Lipinski definition) is 4. The summed E-state index contributed by atoms with van der Waals surface area (Å²) in [6.45, 7) is 7.05. The summed E-state index contributed by atoms with van der Waals surface area (Å²) < 4.78 is 5.10. The molecule has 2 rings (SSSR count). The molecule has 0 radical (unpaired) electrons. The maximum absolute atomic E-state index is 12.3. The van der Waals surface area contributed by atoms with Gasteiger partial charge < -0.3 is 20.3 Å². The first kappa shape index (κ1) is 19.1. The highest BCUT2D eigenvalue weighted by Gasteiger charge is 2.22. The number of piperazine rings is 1. The summed E-state index contributed by atoms with van der Waals surface area (Å²) >= 11 is 0. The van der Waals surface area contributed by atoms with Gasteiger partial charge >= 0.3 is 6.03 Å². The fraction of sp³-hybridized carbons (Fsp3) is 0.556. The van der Waals surface area contributed by atoms with Gasteiger partial charge in [0, 0.05) is 37.9 Å². The van der Waals surface area contributed by atoms with Crippen molar-refractivity contribution < 1.29 is 14.3 Å². The highest BCUT2D eigenvalue weighted by Crippen LogP contribution is 2.15. The molecule has 1 aromatic rings. The van der Waals surface area contributed by atoms with Gasteiger partial charge in [-0.1, -0.05) is 6.92 Å². The third-order valence-electron chi connectivity index (χ3n) is 4.39. The minimum Gasteiger partial charge on any atom is -0.497 e. The number of benzene rings is 1. The van der Waals surface area contributed by atoms with Crippen molar-refractivity contribution in [1.29, 1.82) is 0 Å². The second-order valence-corrected chi connectivity index (χ2v) is 6.30. The second kappa shape index (κ2) is 9.27. The Bertz CT molecular complexity index is 568. The van der Waals surface area contributed by atoms with E-state index in [1.807, 2.05) is 38.1 Å². The van der Waals surface area contributed by atoms with Crippen molar-refractivity contribution in [3.05, 3.63) is 24.3 Å². The van der Waals surface area contributed by atoms with E-state index >= 15 is 0 Å². The van der Waals surface area contributed by atoms with Crippen molar-refractivity contribution in [2.45, 2.75) is 26.3 Å². The molecule has 0 saturated carbocycles. The van der Waals surface area contributed by atoms with Crippen LogP contribution in [-0.4, -0.2) is 67.6 Å². The molecule has 1 saturated heterocycles. The molecule has 7 heteroatoms. The highest BCUT2D eigenvalue weighted by atomic mass is 16.5. The molecule has 0 aromatic heterocycles. The third-order valence-corrected chi connectivity index (χ3v) is 4.39. The Morgan fingerprint density at radius 3 is 2.36 bits per heavy atom. The van der Waals surface area contributed by atoms with Crippen molar-refractivity contribution in [3.63, 3.8) is 0 Å². The molecular weight excluding hydrogens is 320 g/mol. The van der Waals surface area contributed by atoms with E-state index in [-0.39, 0.29) is 18.0 Å². The minimum absolute atomic E-state index is 0.0467. The fourth-order valence-corrected chi connectivity index (χ4v) is 2.61. The van der Waals surface area contributed by atoms with Gasteiger partial charge in [0.15, 0.2) is 0 Å². The summed E-state index contributed by atoms with van der Waals surface area (Å²) in [6.07, 6.45) is 0.922. The number of amides is 3. The van der Waals surface area contributed by atoms with Gasteiger partial charge in [0.05, 0.1) is 13.7 Å². The summed E-state index contributed by atoms with van der Waals surface area (Å²) in [6, 6.07) is 7.32. The van der Waals surface area contributed by atoms with Crippen molar-refractivity contribution in [1.82, 2.24) is 15.1 Å². The number of nitrogens with one attached hydrogen (secondary N) is 2. The van der Waals surface area contributed by atoms with Gasteiger partial charge in [-0.25, -0.2) is 4.79 Å². The molecule has 2 N–H and O–H groups in total. The lowest BCUT2D eigenvalue weighted by molar-refractivity contribution is -0.123. The molecule has 1 heterocycles. The largest absolute Gasteiger partial charge is 0.497 e. The van der Waals surface area contributed by atoms with Crippen LogP contribution in [0.4, 0.5) is 10.5 Å². The number of nitrogens with zero attached hydrogens (tertiary/aromatic N) is 2. The molecule has 0 unspecified atom stereocenters. The van der Waals surface area contributed by atoms with Gasteiger partial charge in [0.2, 0.25) is 5.91 Å². The lowest BCUT2D eigenvalue weighted by Gasteiger charge is -2.34. The van der Waals surface area contributed by atoms with Crippen LogP contribution in [0.5, 0.6) is 5.75 Å². The fourth-order valence-electron chi connectivity index (χ4n) is 2.61. The smallest absolute Gasteiger partial charge is 0.321 e. The van der Waals surface area contributed by atoms with E-state index in [9.17, 15) is 9.59 Å². The maximum Gasteiger partial charge on any atom is 0.321 e. The van der Waals surface area contributed by atoms with Gasteiger partial charge in [-0.2, -0.15) is 0 Å². The lowest BCUT2D eigenvalue weighted by Crippen LogP contribution is -2.52. The van der Waals surface area contributed by atoms with Gasteiger partial charge in [-0.3, -0.25) is 9.69 Å². The quantitative estimate of drug-likeness (QED) is 0.822. The average Bonchev–Trinajstić information content (AvgIpc) is 2.62. The molecule has 1 aliphatic heterocycles. The minimum atomic E-state index is -0.117. The Labute approximate surface area is 149 Å². The zero-order chi connectivity index (χ0) is 18.2. The zero-order valence-electron chi connectivity index (χ0n) is 15.2. The van der Waals surface area contributed by atoms with Crippen LogP contribution in [0.3, 0.4) is 0 Å². The summed E-state index contributed by atoms with van der Waals surface area (Å²) in [4.78, 5) is 28.1. The number of hydrogen-bond donors (Lipinski definition) is 2. The average molecular weight is 348 g/mol. The van der Waals surface area contributed by atoms with Crippen LogP contribution in [0, 0.1) is 0 Å². The van der Waals surface area contributed by atoms with Crippen molar-refractivity contribution >= 4 is 17.6 Å². The van der Waals surface area contributed by atoms with Crippen LogP contribution in [0.1, 0.15) is 20.3 Å².